The molecule has 0 fully saturated rings. The molecule has 0 atom stereocenters. The molecule has 4 nitrogen and oxygen atoms in total. The van der Waals surface area contributed by atoms with Crippen molar-refractivity contribution in [3.8, 4) is 0 Å². The summed E-state index contributed by atoms with van der Waals surface area (Å²) >= 11 is -5.00. The monoisotopic (exact) mass is 182 g/mol. The van der Waals surface area contributed by atoms with E-state index < -0.39 is 18.1 Å². The molecule has 0 aromatic carbocycles. The van der Waals surface area contributed by atoms with Gasteiger partial charge in [-0.05, 0) is 0 Å². The Bertz CT molecular complexity index is 27.2. The minimum absolute atomic E-state index is 0. The summed E-state index contributed by atoms with van der Waals surface area (Å²) in [5.74, 6) is 0. The summed E-state index contributed by atoms with van der Waals surface area (Å²) in [4.78, 5) is 0. The third kappa shape index (κ3) is 49.6. The van der Waals surface area contributed by atoms with Gasteiger partial charge in [0.1, 0.15) is 0 Å². The van der Waals surface area contributed by atoms with Gasteiger partial charge in [0.05, 0.1) is 0 Å². The predicted molar refractivity (Wildman–Crippen MR) is 24.6 cm³/mol. The molecule has 0 unspecified atom stereocenters. The molecule has 0 aliphatic heterocycles. The Morgan fingerprint density at radius 1 is 0.857 bits per heavy atom. The molecule has 0 bridgehead atoms. The first-order valence-electron chi connectivity index (χ1n) is 0.894. The van der Waals surface area contributed by atoms with Crippen molar-refractivity contribution in [2.45, 2.75) is 0 Å². The van der Waals surface area contributed by atoms with E-state index in [1.54, 1.807) is 0 Å². The van der Waals surface area contributed by atoms with Crippen LogP contribution in [0.5, 0.6) is 0 Å². The summed E-state index contributed by atoms with van der Waals surface area (Å²) in [7, 11) is 0. The van der Waals surface area contributed by atoms with Crippen LogP contribution in [0, 0.1) is 0 Å². The fourth-order valence-corrected chi connectivity index (χ4v) is 0. The quantitative estimate of drug-likeness (QED) is 0.290. The van der Waals surface area contributed by atoms with E-state index in [1.807, 2.05) is 0 Å². The SMILES string of the molecule is [KH].[MgH2].[OH][Ti]([OH])([OH])[OH]. The second-order valence-electron chi connectivity index (χ2n) is 0.600. The molecule has 0 aromatic rings. The zero-order valence-corrected chi connectivity index (χ0v) is 3.85. The summed E-state index contributed by atoms with van der Waals surface area (Å²) in [5, 5.41) is 0. The van der Waals surface area contributed by atoms with Crippen molar-refractivity contribution in [1.29, 1.82) is 0 Å². The van der Waals surface area contributed by atoms with Gasteiger partial charge in [-0.1, -0.05) is 0 Å². The summed E-state index contributed by atoms with van der Waals surface area (Å²) in [6.45, 7) is 0. The third-order valence-corrected chi connectivity index (χ3v) is 0. The average Bonchev–Trinajstić information content (AvgIpc) is 0.722. The summed E-state index contributed by atoms with van der Waals surface area (Å²) < 4.78 is 29.5. The molecule has 4 N–H and O–H groups in total. The van der Waals surface area contributed by atoms with Crippen molar-refractivity contribution in [1.82, 2.24) is 0 Å². The third-order valence-electron chi connectivity index (χ3n) is 0. The van der Waals surface area contributed by atoms with E-state index in [-0.39, 0.29) is 74.4 Å². The summed E-state index contributed by atoms with van der Waals surface area (Å²) in [6.07, 6.45) is 0. The Morgan fingerprint density at radius 2 is 0.857 bits per heavy atom. The summed E-state index contributed by atoms with van der Waals surface area (Å²) in [6, 6.07) is 0. The molecular weight excluding hydrogens is 175 g/mol. The number of hydrogen-bond acceptors (Lipinski definition) is 4. The second-order valence-corrected chi connectivity index (χ2v) is 2.47. The van der Waals surface area contributed by atoms with E-state index >= 15 is 0 Å². The van der Waals surface area contributed by atoms with E-state index in [9.17, 15) is 0 Å². The molecule has 0 saturated carbocycles. The van der Waals surface area contributed by atoms with Gasteiger partial charge in [-0.25, -0.2) is 0 Å². The van der Waals surface area contributed by atoms with Gasteiger partial charge < -0.3 is 0 Å². The van der Waals surface area contributed by atoms with Gasteiger partial charge in [-0.3, -0.25) is 0 Å². The number of hydrogen-bond donors (Lipinski definition) is 4. The minimum atomic E-state index is -5.00. The molecule has 0 radical (unpaired) electrons. The molecule has 0 aliphatic carbocycles. The Morgan fingerprint density at radius 3 is 0.857 bits per heavy atom. The average molecular weight is 182 g/mol. The van der Waals surface area contributed by atoms with Crippen LogP contribution in [0.1, 0.15) is 0 Å². The van der Waals surface area contributed by atoms with Crippen LogP contribution in [-0.4, -0.2) is 89.2 Å². The van der Waals surface area contributed by atoms with Crippen LogP contribution in [0.4, 0.5) is 0 Å². The molecule has 38 valence electrons. The van der Waals surface area contributed by atoms with E-state index in [0.29, 0.717) is 0 Å². The first-order valence-corrected chi connectivity index (χ1v) is 3.69. The van der Waals surface area contributed by atoms with E-state index in [0.717, 1.165) is 0 Å². The molecule has 7 heteroatoms. The molecule has 0 aromatic heterocycles. The Kier molecular flexibility index (Phi) is 16.7. The molecule has 0 saturated heterocycles. The zero-order chi connectivity index (χ0) is 4.50. The van der Waals surface area contributed by atoms with Gasteiger partial charge in [-0.2, -0.15) is 0 Å². The molecule has 0 heterocycles. The van der Waals surface area contributed by atoms with Gasteiger partial charge in [0.25, 0.3) is 0 Å². The van der Waals surface area contributed by atoms with E-state index in [1.165, 1.54) is 0 Å². The first-order chi connectivity index (χ1) is 2.00. The molecule has 0 spiro atoms. The normalized spacial score (nSPS) is 8.57. The second kappa shape index (κ2) is 7.07. The molecule has 0 amide bonds. The van der Waals surface area contributed by atoms with Crippen LogP contribution in [0.15, 0.2) is 0 Å². The Balaban J connectivity index is -0.0000000800. The maximum absolute atomic E-state index is 7.38. The standard InChI is InChI=1S/K.Mg.4H2O.Ti.3H/h;;4*1H2;;;;/q;;;;;;+4;;;/p-4. The Hall–Kier alpha value is 2.96. The van der Waals surface area contributed by atoms with Crippen LogP contribution in [-0.2, 0) is 18.1 Å². The molecule has 7 heavy (non-hydrogen) atoms. The van der Waals surface area contributed by atoms with Crippen molar-refractivity contribution in [3.63, 3.8) is 0 Å². The Labute approximate surface area is 105 Å². The zero-order valence-electron chi connectivity index (χ0n) is 2.29. The number of rotatable bonds is 0. The fraction of sp³-hybridized carbons (Fsp3) is 0. The first kappa shape index (κ1) is 16.5. The molecule has 0 aliphatic rings. The fourth-order valence-electron chi connectivity index (χ4n) is 0. The van der Waals surface area contributed by atoms with Gasteiger partial charge in [0.15, 0.2) is 0 Å². The topological polar surface area (TPSA) is 80.9 Å². The van der Waals surface area contributed by atoms with Gasteiger partial charge in [0.2, 0.25) is 0 Å². The maximum atomic E-state index is 7.38. The van der Waals surface area contributed by atoms with Crippen LogP contribution >= 0.6 is 0 Å². The van der Waals surface area contributed by atoms with Crippen molar-refractivity contribution in [2.24, 2.45) is 0 Å². The van der Waals surface area contributed by atoms with Gasteiger partial charge >= 0.3 is 107 Å². The molecular formula is H7KMgO4Ti. The van der Waals surface area contributed by atoms with Crippen molar-refractivity contribution < 1.29 is 32.9 Å². The predicted octanol–water partition coefficient (Wildman–Crippen LogP) is -3.80. The van der Waals surface area contributed by atoms with Crippen molar-refractivity contribution >= 4 is 74.4 Å². The van der Waals surface area contributed by atoms with Crippen molar-refractivity contribution in [3.05, 3.63) is 0 Å². The van der Waals surface area contributed by atoms with Crippen LogP contribution in [0.3, 0.4) is 0 Å². The van der Waals surface area contributed by atoms with Gasteiger partial charge in [0, 0.05) is 0 Å². The van der Waals surface area contributed by atoms with E-state index in [2.05, 4.69) is 0 Å². The van der Waals surface area contributed by atoms with Gasteiger partial charge in [-0.15, -0.1) is 0 Å². The van der Waals surface area contributed by atoms with E-state index in [4.69, 9.17) is 14.8 Å². The van der Waals surface area contributed by atoms with Crippen LogP contribution < -0.4 is 0 Å². The van der Waals surface area contributed by atoms with Crippen LogP contribution in [0.25, 0.3) is 0 Å². The van der Waals surface area contributed by atoms with Crippen molar-refractivity contribution in [2.75, 3.05) is 0 Å². The molecule has 0 rings (SSSR count). The summed E-state index contributed by atoms with van der Waals surface area (Å²) in [5.41, 5.74) is 0. The van der Waals surface area contributed by atoms with Crippen LogP contribution in [0.2, 0.25) is 0 Å².